The second-order valence-corrected chi connectivity index (χ2v) is 7.54. The Labute approximate surface area is 130 Å². The number of ether oxygens (including phenoxy) is 1. The molecule has 6 nitrogen and oxygen atoms in total. The number of rotatable bonds is 6. The molecular formula is C15H22NO5P. The molecule has 0 radical (unpaired) electrons. The van der Waals surface area contributed by atoms with Gasteiger partial charge in [0.15, 0.2) is 0 Å². The van der Waals surface area contributed by atoms with Gasteiger partial charge in [-0.3, -0.25) is 9.36 Å². The quantitative estimate of drug-likeness (QED) is 0.809. The van der Waals surface area contributed by atoms with Crippen molar-refractivity contribution in [2.45, 2.75) is 32.2 Å². The predicted molar refractivity (Wildman–Crippen MR) is 83.8 cm³/mol. The van der Waals surface area contributed by atoms with E-state index in [0.29, 0.717) is 43.5 Å². The van der Waals surface area contributed by atoms with Gasteiger partial charge in [-0.1, -0.05) is 13.3 Å². The molecule has 122 valence electrons. The van der Waals surface area contributed by atoms with Gasteiger partial charge >= 0.3 is 13.5 Å². The van der Waals surface area contributed by atoms with Crippen molar-refractivity contribution in [3.8, 4) is 5.75 Å². The van der Waals surface area contributed by atoms with Crippen LogP contribution in [0.3, 0.4) is 0 Å². The van der Waals surface area contributed by atoms with Gasteiger partial charge in [0, 0.05) is 6.54 Å². The van der Waals surface area contributed by atoms with Crippen LogP contribution < -0.4 is 10.0 Å². The molecule has 1 saturated heterocycles. The lowest BCUT2D eigenvalue weighted by atomic mass is 10.1. The van der Waals surface area contributed by atoms with Crippen LogP contribution in [-0.2, 0) is 13.9 Å². The standard InChI is InChI=1S/C15H22NO5P/c1-3-5-14(15(17)18)16-10-4-11-21-22(16,19)13-8-6-12(20-2)7-9-13/h6-9,14H,3-5,10-11H2,1-2H3,(H,17,18). The van der Waals surface area contributed by atoms with Crippen molar-refractivity contribution in [1.29, 1.82) is 0 Å². The second kappa shape index (κ2) is 7.27. The summed E-state index contributed by atoms with van der Waals surface area (Å²) in [6, 6.07) is 5.99. The van der Waals surface area contributed by atoms with Crippen LogP contribution in [0.25, 0.3) is 0 Å². The summed E-state index contributed by atoms with van der Waals surface area (Å²) in [5, 5.41) is 9.99. The number of methoxy groups -OCH3 is 1. The molecule has 1 aliphatic rings. The van der Waals surface area contributed by atoms with Crippen LogP contribution >= 0.6 is 7.52 Å². The minimum Gasteiger partial charge on any atom is -0.497 e. The number of hydrogen-bond acceptors (Lipinski definition) is 4. The van der Waals surface area contributed by atoms with Gasteiger partial charge in [-0.2, -0.15) is 0 Å². The summed E-state index contributed by atoms with van der Waals surface area (Å²) in [5.74, 6) is -0.302. The number of nitrogens with zero attached hydrogens (tertiary/aromatic N) is 1. The highest BCUT2D eigenvalue weighted by Crippen LogP contribution is 2.53. The molecule has 0 saturated carbocycles. The summed E-state index contributed by atoms with van der Waals surface area (Å²) < 4.78 is 25.6. The lowest BCUT2D eigenvalue weighted by Crippen LogP contribution is -2.44. The van der Waals surface area contributed by atoms with Gasteiger partial charge in [0.1, 0.15) is 11.8 Å². The van der Waals surface area contributed by atoms with Crippen molar-refractivity contribution in [3.05, 3.63) is 24.3 Å². The molecule has 7 heteroatoms. The zero-order chi connectivity index (χ0) is 16.2. The van der Waals surface area contributed by atoms with Gasteiger partial charge in [0.2, 0.25) is 0 Å². The van der Waals surface area contributed by atoms with Crippen LogP contribution in [0.1, 0.15) is 26.2 Å². The Morgan fingerprint density at radius 1 is 1.45 bits per heavy atom. The summed E-state index contributed by atoms with van der Waals surface area (Å²) in [4.78, 5) is 11.6. The SMILES string of the molecule is CCCC(C(=O)O)N1CCCOP1(=O)c1ccc(OC)cc1. The number of carboxylic acids is 1. The Hall–Kier alpha value is -1.36. The van der Waals surface area contributed by atoms with Gasteiger partial charge < -0.3 is 14.4 Å². The van der Waals surface area contributed by atoms with Crippen molar-refractivity contribution in [3.63, 3.8) is 0 Å². The van der Waals surface area contributed by atoms with Crippen LogP contribution in [0.2, 0.25) is 0 Å². The molecule has 22 heavy (non-hydrogen) atoms. The van der Waals surface area contributed by atoms with Gasteiger partial charge in [0.05, 0.1) is 19.0 Å². The third-order valence-electron chi connectivity index (χ3n) is 3.74. The monoisotopic (exact) mass is 327 g/mol. The lowest BCUT2D eigenvalue weighted by molar-refractivity contribution is -0.142. The van der Waals surface area contributed by atoms with E-state index in [1.54, 1.807) is 31.4 Å². The van der Waals surface area contributed by atoms with E-state index in [4.69, 9.17) is 9.26 Å². The molecule has 2 rings (SSSR count). The van der Waals surface area contributed by atoms with Crippen molar-refractivity contribution < 1.29 is 23.7 Å². The van der Waals surface area contributed by atoms with Crippen LogP contribution in [-0.4, -0.2) is 42.0 Å². The normalized spacial score (nSPS) is 23.9. The topological polar surface area (TPSA) is 76.1 Å². The molecular weight excluding hydrogens is 305 g/mol. The van der Waals surface area contributed by atoms with Gasteiger partial charge in [-0.05, 0) is 37.1 Å². The smallest absolute Gasteiger partial charge is 0.321 e. The molecule has 0 aromatic heterocycles. The summed E-state index contributed by atoms with van der Waals surface area (Å²) >= 11 is 0. The predicted octanol–water partition coefficient (Wildman–Crippen LogP) is 2.49. The molecule has 0 aliphatic carbocycles. The van der Waals surface area contributed by atoms with E-state index in [9.17, 15) is 14.5 Å². The first-order valence-electron chi connectivity index (χ1n) is 7.42. The van der Waals surface area contributed by atoms with Crippen molar-refractivity contribution >= 4 is 18.8 Å². The summed E-state index contributed by atoms with van der Waals surface area (Å²) in [5.41, 5.74) is 0. The minimum atomic E-state index is -3.35. The van der Waals surface area contributed by atoms with Gasteiger partial charge in [-0.15, -0.1) is 0 Å². The zero-order valence-electron chi connectivity index (χ0n) is 12.9. The first-order chi connectivity index (χ1) is 10.5. The average Bonchev–Trinajstić information content (AvgIpc) is 2.53. The average molecular weight is 327 g/mol. The molecule has 1 aromatic rings. The maximum Gasteiger partial charge on any atom is 0.321 e. The summed E-state index contributed by atoms with van der Waals surface area (Å²) in [6.45, 7) is 2.75. The van der Waals surface area contributed by atoms with Crippen LogP contribution in [0.4, 0.5) is 0 Å². The molecule has 2 atom stereocenters. The van der Waals surface area contributed by atoms with Crippen LogP contribution in [0.5, 0.6) is 5.75 Å². The van der Waals surface area contributed by atoms with Crippen LogP contribution in [0.15, 0.2) is 24.3 Å². The first kappa shape index (κ1) is 17.0. The molecule has 1 aromatic carbocycles. The summed E-state index contributed by atoms with van der Waals surface area (Å²) in [7, 11) is -1.79. The maximum absolute atomic E-state index is 13.4. The van der Waals surface area contributed by atoms with E-state index in [2.05, 4.69) is 0 Å². The highest BCUT2D eigenvalue weighted by molar-refractivity contribution is 7.64. The molecule has 2 unspecified atom stereocenters. The Morgan fingerprint density at radius 3 is 2.68 bits per heavy atom. The number of benzene rings is 1. The fraction of sp³-hybridized carbons (Fsp3) is 0.533. The zero-order valence-corrected chi connectivity index (χ0v) is 13.8. The van der Waals surface area contributed by atoms with E-state index in [-0.39, 0.29) is 0 Å². The van der Waals surface area contributed by atoms with E-state index >= 15 is 0 Å². The van der Waals surface area contributed by atoms with E-state index in [1.165, 1.54) is 4.67 Å². The molecule has 0 spiro atoms. The molecule has 1 aliphatic heterocycles. The van der Waals surface area contributed by atoms with Crippen LogP contribution in [0, 0.1) is 0 Å². The lowest BCUT2D eigenvalue weighted by Gasteiger charge is -2.38. The van der Waals surface area contributed by atoms with Crippen molar-refractivity contribution in [2.24, 2.45) is 0 Å². The first-order valence-corrected chi connectivity index (χ1v) is 8.99. The fourth-order valence-corrected chi connectivity index (χ4v) is 5.11. The molecule has 0 bridgehead atoms. The van der Waals surface area contributed by atoms with Gasteiger partial charge in [0.25, 0.3) is 0 Å². The Balaban J connectivity index is 2.37. The van der Waals surface area contributed by atoms with Crippen molar-refractivity contribution in [2.75, 3.05) is 20.3 Å². The molecule has 0 amide bonds. The van der Waals surface area contributed by atoms with Gasteiger partial charge in [-0.25, -0.2) is 4.67 Å². The molecule has 1 N–H and O–H groups in total. The largest absolute Gasteiger partial charge is 0.497 e. The third kappa shape index (κ3) is 3.35. The number of hydrogen-bond donors (Lipinski definition) is 1. The fourth-order valence-electron chi connectivity index (χ4n) is 2.63. The minimum absolute atomic E-state index is 0.373. The number of carbonyl (C=O) groups is 1. The van der Waals surface area contributed by atoms with E-state index in [0.717, 1.165) is 0 Å². The van der Waals surface area contributed by atoms with Crippen molar-refractivity contribution in [1.82, 2.24) is 4.67 Å². The molecule has 1 fully saturated rings. The Kier molecular flexibility index (Phi) is 5.62. The highest BCUT2D eigenvalue weighted by atomic mass is 31.2. The maximum atomic E-state index is 13.4. The number of carboxylic acid groups (broad SMARTS) is 1. The Bertz CT molecular complexity index is 560. The molecule has 1 heterocycles. The highest BCUT2D eigenvalue weighted by Gasteiger charge is 2.43. The Morgan fingerprint density at radius 2 is 2.14 bits per heavy atom. The summed E-state index contributed by atoms with van der Waals surface area (Å²) in [6.07, 6.45) is 1.82. The van der Waals surface area contributed by atoms with E-state index in [1.807, 2.05) is 6.92 Å². The third-order valence-corrected chi connectivity index (χ3v) is 6.38. The second-order valence-electron chi connectivity index (χ2n) is 5.21. The number of aliphatic carboxylic acids is 1. The van der Waals surface area contributed by atoms with E-state index < -0.39 is 19.5 Å².